The maximum atomic E-state index is 11.3. The minimum atomic E-state index is -0.561. The van der Waals surface area contributed by atoms with Gasteiger partial charge >= 0.3 is 6.09 Å². The van der Waals surface area contributed by atoms with Crippen LogP contribution in [0.15, 0.2) is 24.3 Å². The van der Waals surface area contributed by atoms with Crippen molar-refractivity contribution in [3.8, 4) is 5.75 Å². The van der Waals surface area contributed by atoms with Crippen LogP contribution in [-0.2, 0) is 4.79 Å². The van der Waals surface area contributed by atoms with E-state index < -0.39 is 6.09 Å². The molecule has 92 valence electrons. The van der Waals surface area contributed by atoms with Crippen molar-refractivity contribution >= 4 is 29.3 Å². The Bertz CT molecular complexity index is 409. The van der Waals surface area contributed by atoms with E-state index in [1.165, 1.54) is 7.05 Å². The molecule has 17 heavy (non-hydrogen) atoms. The summed E-state index contributed by atoms with van der Waals surface area (Å²) in [6, 6.07) is 6.55. The molecule has 0 unspecified atom stereocenters. The minimum absolute atomic E-state index is 0.183. The van der Waals surface area contributed by atoms with Gasteiger partial charge in [-0.15, -0.1) is 11.6 Å². The lowest BCUT2D eigenvalue weighted by Gasteiger charge is -2.07. The molecule has 0 spiro atoms. The predicted molar refractivity (Wildman–Crippen MR) is 65.5 cm³/mol. The normalized spacial score (nSPS) is 9.53. The Hall–Kier alpha value is -1.75. The Morgan fingerprint density at radius 1 is 1.41 bits per heavy atom. The van der Waals surface area contributed by atoms with E-state index in [0.717, 1.165) is 0 Å². The first-order valence-electron chi connectivity index (χ1n) is 5.01. The van der Waals surface area contributed by atoms with Crippen LogP contribution in [0.2, 0.25) is 0 Å². The predicted octanol–water partition coefficient (Wildman–Crippen LogP) is 1.97. The third-order valence-corrected chi connectivity index (χ3v) is 2.04. The molecule has 0 aliphatic rings. The van der Waals surface area contributed by atoms with Crippen LogP contribution in [-0.4, -0.2) is 24.9 Å². The van der Waals surface area contributed by atoms with E-state index in [1.54, 1.807) is 24.3 Å². The number of benzene rings is 1. The third-order valence-electron chi connectivity index (χ3n) is 1.85. The first-order valence-corrected chi connectivity index (χ1v) is 5.54. The summed E-state index contributed by atoms with van der Waals surface area (Å²) in [6.07, 6.45) is -0.323. The average molecular weight is 257 g/mol. The molecule has 0 saturated carbocycles. The SMILES string of the molecule is CNC(=O)Oc1cccc(NC(=O)CCCl)c1. The standard InChI is InChI=1S/C11H13ClN2O3/c1-13-11(16)17-9-4-2-3-8(7-9)14-10(15)5-6-12/h2-4,7H,5-6H2,1H3,(H,13,16)(H,14,15). The third kappa shape index (κ3) is 4.74. The summed E-state index contributed by atoms with van der Waals surface area (Å²) in [5, 5.41) is 4.97. The van der Waals surface area contributed by atoms with Gasteiger partial charge in [0.05, 0.1) is 0 Å². The smallest absolute Gasteiger partial charge is 0.410 e. The van der Waals surface area contributed by atoms with Gasteiger partial charge in [-0.1, -0.05) is 6.07 Å². The molecule has 0 heterocycles. The summed E-state index contributed by atoms with van der Waals surface area (Å²) < 4.78 is 4.92. The fraction of sp³-hybridized carbons (Fsp3) is 0.273. The molecule has 0 bridgehead atoms. The second-order valence-corrected chi connectivity index (χ2v) is 3.53. The lowest BCUT2D eigenvalue weighted by Crippen LogP contribution is -2.22. The van der Waals surface area contributed by atoms with E-state index in [-0.39, 0.29) is 18.2 Å². The van der Waals surface area contributed by atoms with Crippen LogP contribution in [0.4, 0.5) is 10.5 Å². The first kappa shape index (κ1) is 13.3. The second-order valence-electron chi connectivity index (χ2n) is 3.15. The maximum absolute atomic E-state index is 11.3. The number of hydrogen-bond donors (Lipinski definition) is 2. The highest BCUT2D eigenvalue weighted by atomic mass is 35.5. The Kier molecular flexibility index (Phi) is 5.29. The quantitative estimate of drug-likeness (QED) is 0.810. The Labute approximate surface area is 104 Å². The number of amides is 2. The fourth-order valence-corrected chi connectivity index (χ4v) is 1.28. The van der Waals surface area contributed by atoms with Crippen molar-refractivity contribution in [3.05, 3.63) is 24.3 Å². The number of rotatable bonds is 4. The number of nitrogens with one attached hydrogen (secondary N) is 2. The minimum Gasteiger partial charge on any atom is -0.410 e. The number of hydrogen-bond acceptors (Lipinski definition) is 3. The van der Waals surface area contributed by atoms with Crippen LogP contribution in [0.1, 0.15) is 6.42 Å². The largest absolute Gasteiger partial charge is 0.412 e. The molecule has 5 nitrogen and oxygen atoms in total. The number of ether oxygens (including phenoxy) is 1. The molecule has 0 aromatic heterocycles. The van der Waals surface area contributed by atoms with Crippen molar-refractivity contribution in [3.63, 3.8) is 0 Å². The van der Waals surface area contributed by atoms with Gasteiger partial charge in [0.15, 0.2) is 0 Å². The first-order chi connectivity index (χ1) is 8.15. The van der Waals surface area contributed by atoms with Gasteiger partial charge in [0, 0.05) is 31.1 Å². The Morgan fingerprint density at radius 3 is 2.82 bits per heavy atom. The van der Waals surface area contributed by atoms with Crippen LogP contribution in [0.25, 0.3) is 0 Å². The van der Waals surface area contributed by atoms with E-state index in [4.69, 9.17) is 16.3 Å². The summed E-state index contributed by atoms with van der Waals surface area (Å²) in [5.74, 6) is 0.436. The zero-order chi connectivity index (χ0) is 12.7. The van der Waals surface area contributed by atoms with Gasteiger partial charge < -0.3 is 15.4 Å². The van der Waals surface area contributed by atoms with Gasteiger partial charge in [0.25, 0.3) is 0 Å². The van der Waals surface area contributed by atoms with Crippen molar-refractivity contribution in [1.29, 1.82) is 0 Å². The number of carbonyl (C=O) groups is 2. The molecule has 2 amide bonds. The van der Waals surface area contributed by atoms with Crippen molar-refractivity contribution in [2.45, 2.75) is 6.42 Å². The molecule has 1 aromatic carbocycles. The lowest BCUT2D eigenvalue weighted by atomic mass is 10.3. The molecular weight excluding hydrogens is 244 g/mol. The molecule has 1 aromatic rings. The molecule has 1 rings (SSSR count). The van der Waals surface area contributed by atoms with E-state index in [0.29, 0.717) is 11.4 Å². The van der Waals surface area contributed by atoms with Crippen LogP contribution < -0.4 is 15.4 Å². The molecule has 0 atom stereocenters. The Morgan fingerprint density at radius 2 is 2.18 bits per heavy atom. The summed E-state index contributed by atoms with van der Waals surface area (Å²) >= 11 is 5.44. The summed E-state index contributed by atoms with van der Waals surface area (Å²) in [6.45, 7) is 0. The van der Waals surface area contributed by atoms with Gasteiger partial charge in [0.2, 0.25) is 5.91 Å². The van der Waals surface area contributed by atoms with Gasteiger partial charge in [-0.3, -0.25) is 4.79 Å². The van der Waals surface area contributed by atoms with Crippen molar-refractivity contribution in [2.24, 2.45) is 0 Å². The van der Waals surface area contributed by atoms with Gasteiger partial charge in [0.1, 0.15) is 5.75 Å². The van der Waals surface area contributed by atoms with E-state index in [9.17, 15) is 9.59 Å². The lowest BCUT2D eigenvalue weighted by molar-refractivity contribution is -0.115. The van der Waals surface area contributed by atoms with Crippen LogP contribution >= 0.6 is 11.6 Å². The van der Waals surface area contributed by atoms with Crippen molar-refractivity contribution < 1.29 is 14.3 Å². The zero-order valence-electron chi connectivity index (χ0n) is 9.33. The maximum Gasteiger partial charge on any atom is 0.412 e. The van der Waals surface area contributed by atoms with Crippen LogP contribution in [0.5, 0.6) is 5.75 Å². The molecule has 0 aliphatic carbocycles. The summed E-state index contributed by atoms with van der Waals surface area (Å²) in [7, 11) is 1.47. The molecule has 6 heteroatoms. The molecule has 0 radical (unpaired) electrons. The van der Waals surface area contributed by atoms with Crippen molar-refractivity contribution in [2.75, 3.05) is 18.2 Å². The van der Waals surface area contributed by atoms with Crippen molar-refractivity contribution in [1.82, 2.24) is 5.32 Å². The van der Waals surface area contributed by atoms with Crippen LogP contribution in [0, 0.1) is 0 Å². The highest BCUT2D eigenvalue weighted by Gasteiger charge is 2.04. The zero-order valence-corrected chi connectivity index (χ0v) is 10.1. The van der Waals surface area contributed by atoms with Gasteiger partial charge in [-0.2, -0.15) is 0 Å². The second kappa shape index (κ2) is 6.75. The number of anilines is 1. The summed E-state index contributed by atoms with van der Waals surface area (Å²) in [5.41, 5.74) is 0.557. The van der Waals surface area contributed by atoms with E-state index >= 15 is 0 Å². The van der Waals surface area contributed by atoms with E-state index in [1.807, 2.05) is 0 Å². The average Bonchev–Trinajstić information content (AvgIpc) is 2.29. The molecule has 0 fully saturated rings. The fourth-order valence-electron chi connectivity index (χ4n) is 1.10. The number of carbonyl (C=O) groups excluding carboxylic acids is 2. The highest BCUT2D eigenvalue weighted by molar-refractivity contribution is 6.19. The topological polar surface area (TPSA) is 67.4 Å². The molecular formula is C11H13ClN2O3. The number of alkyl halides is 1. The summed E-state index contributed by atoms with van der Waals surface area (Å²) in [4.78, 5) is 22.3. The molecule has 0 saturated heterocycles. The van der Waals surface area contributed by atoms with Gasteiger partial charge in [-0.05, 0) is 12.1 Å². The molecule has 2 N–H and O–H groups in total. The molecule has 0 aliphatic heterocycles. The Balaban J connectivity index is 2.65. The van der Waals surface area contributed by atoms with Crippen LogP contribution in [0.3, 0.4) is 0 Å². The number of halogens is 1. The highest BCUT2D eigenvalue weighted by Crippen LogP contribution is 2.17. The van der Waals surface area contributed by atoms with Gasteiger partial charge in [-0.25, -0.2) is 4.79 Å². The van der Waals surface area contributed by atoms with E-state index in [2.05, 4.69) is 10.6 Å². The monoisotopic (exact) mass is 256 g/mol.